The molecule has 1 heterocycles. The molecule has 8 nitrogen and oxygen atoms in total. The van der Waals surface area contributed by atoms with Crippen molar-refractivity contribution >= 4 is 40.3 Å². The van der Waals surface area contributed by atoms with Crippen LogP contribution >= 0.6 is 11.7 Å². The van der Waals surface area contributed by atoms with Gasteiger partial charge in [0.2, 0.25) is 0 Å². The highest BCUT2D eigenvalue weighted by Crippen LogP contribution is 2.29. The van der Waals surface area contributed by atoms with Crippen LogP contribution in [0.25, 0.3) is 11.0 Å². The Hall–Kier alpha value is -3.20. The van der Waals surface area contributed by atoms with Crippen molar-refractivity contribution < 1.29 is 23.8 Å². The van der Waals surface area contributed by atoms with Crippen molar-refractivity contribution in [1.82, 2.24) is 8.75 Å². The van der Waals surface area contributed by atoms with Crippen molar-refractivity contribution in [3.05, 3.63) is 42.0 Å². The summed E-state index contributed by atoms with van der Waals surface area (Å²) in [7, 11) is 1.49. The Morgan fingerprint density at radius 2 is 1.97 bits per heavy atom. The third kappa shape index (κ3) is 5.20. The summed E-state index contributed by atoms with van der Waals surface area (Å²) in [5, 5.41) is 2.68. The van der Waals surface area contributed by atoms with Gasteiger partial charge in [-0.2, -0.15) is 8.75 Å². The zero-order valence-electron chi connectivity index (χ0n) is 16.3. The second-order valence-electron chi connectivity index (χ2n) is 6.63. The van der Waals surface area contributed by atoms with Crippen molar-refractivity contribution in [2.75, 3.05) is 25.6 Å². The molecule has 1 amide bonds. The van der Waals surface area contributed by atoms with E-state index in [0.717, 1.165) is 11.7 Å². The van der Waals surface area contributed by atoms with Gasteiger partial charge in [0.15, 0.2) is 18.1 Å². The first kappa shape index (κ1) is 20.5. The minimum atomic E-state index is -0.637. The average molecular weight is 415 g/mol. The van der Waals surface area contributed by atoms with E-state index in [4.69, 9.17) is 14.2 Å². The van der Waals surface area contributed by atoms with Crippen molar-refractivity contribution in [3.8, 4) is 11.5 Å². The number of methoxy groups -OCH3 is 1. The summed E-state index contributed by atoms with van der Waals surface area (Å²) in [6, 6.07) is 10.0. The van der Waals surface area contributed by atoms with E-state index in [-0.39, 0.29) is 5.56 Å². The number of aromatic nitrogens is 2. The number of carbonyl (C=O) groups is 2. The first-order valence-electron chi connectivity index (χ1n) is 8.97. The molecule has 0 aliphatic rings. The second kappa shape index (κ2) is 9.33. The Kier molecular flexibility index (Phi) is 6.61. The van der Waals surface area contributed by atoms with Gasteiger partial charge >= 0.3 is 5.97 Å². The summed E-state index contributed by atoms with van der Waals surface area (Å²) in [5.74, 6) is 0.214. The molecule has 29 heavy (non-hydrogen) atoms. The number of hydrogen-bond acceptors (Lipinski definition) is 8. The molecular formula is C20H21N3O5S. The maximum atomic E-state index is 12.3. The number of rotatable bonds is 8. The van der Waals surface area contributed by atoms with Gasteiger partial charge in [0.25, 0.3) is 5.91 Å². The lowest BCUT2D eigenvalue weighted by Crippen LogP contribution is -2.21. The van der Waals surface area contributed by atoms with Gasteiger partial charge in [-0.3, -0.25) is 4.79 Å². The lowest BCUT2D eigenvalue weighted by molar-refractivity contribution is -0.119. The van der Waals surface area contributed by atoms with E-state index in [1.807, 2.05) is 13.8 Å². The predicted octanol–water partition coefficient (Wildman–Crippen LogP) is 3.53. The molecule has 0 bridgehead atoms. The highest BCUT2D eigenvalue weighted by Gasteiger charge is 2.15. The molecule has 1 aromatic heterocycles. The third-order valence-corrected chi connectivity index (χ3v) is 4.41. The van der Waals surface area contributed by atoms with Gasteiger partial charge in [-0.15, -0.1) is 0 Å². The number of esters is 1. The summed E-state index contributed by atoms with van der Waals surface area (Å²) >= 11 is 1.06. The van der Waals surface area contributed by atoms with Crippen molar-refractivity contribution in [1.29, 1.82) is 0 Å². The van der Waals surface area contributed by atoms with E-state index >= 15 is 0 Å². The molecule has 0 spiro atoms. The molecule has 2 aromatic carbocycles. The van der Waals surface area contributed by atoms with E-state index in [0.29, 0.717) is 40.7 Å². The summed E-state index contributed by atoms with van der Waals surface area (Å²) in [4.78, 5) is 24.5. The molecule has 1 N–H and O–H groups in total. The van der Waals surface area contributed by atoms with Crippen LogP contribution in [0, 0.1) is 5.92 Å². The number of nitrogens with zero attached hydrogens (tertiary/aromatic N) is 2. The third-order valence-electron chi connectivity index (χ3n) is 3.87. The van der Waals surface area contributed by atoms with E-state index in [2.05, 4.69) is 14.1 Å². The van der Waals surface area contributed by atoms with Crippen LogP contribution in [0.2, 0.25) is 0 Å². The van der Waals surface area contributed by atoms with Crippen LogP contribution in [-0.4, -0.2) is 40.9 Å². The Balaban J connectivity index is 1.60. The lowest BCUT2D eigenvalue weighted by atomic mass is 10.2. The zero-order chi connectivity index (χ0) is 20.8. The van der Waals surface area contributed by atoms with Gasteiger partial charge in [-0.25, -0.2) is 4.79 Å². The molecule has 0 saturated heterocycles. The SMILES string of the molecule is COc1cc(C(=O)OCC(=O)Nc2cccc3nsnc23)ccc1OCC(C)C. The Morgan fingerprint density at radius 3 is 2.72 bits per heavy atom. The van der Waals surface area contributed by atoms with Crippen molar-refractivity contribution in [2.24, 2.45) is 5.92 Å². The first-order valence-corrected chi connectivity index (χ1v) is 9.70. The second-order valence-corrected chi connectivity index (χ2v) is 7.16. The monoisotopic (exact) mass is 415 g/mol. The molecule has 0 radical (unpaired) electrons. The van der Waals surface area contributed by atoms with Crippen LogP contribution in [0.15, 0.2) is 36.4 Å². The van der Waals surface area contributed by atoms with E-state index in [1.54, 1.807) is 30.3 Å². The molecule has 9 heteroatoms. The average Bonchev–Trinajstić information content (AvgIpc) is 3.20. The minimum Gasteiger partial charge on any atom is -0.493 e. The van der Waals surface area contributed by atoms with Crippen LogP contribution in [0.5, 0.6) is 11.5 Å². The molecule has 152 valence electrons. The van der Waals surface area contributed by atoms with E-state index in [9.17, 15) is 9.59 Å². The van der Waals surface area contributed by atoms with Crippen LogP contribution in [0.4, 0.5) is 5.69 Å². The van der Waals surface area contributed by atoms with Gasteiger partial charge in [0, 0.05) is 0 Å². The maximum absolute atomic E-state index is 12.3. The molecule has 0 atom stereocenters. The maximum Gasteiger partial charge on any atom is 0.338 e. The minimum absolute atomic E-state index is 0.261. The molecule has 0 aliphatic carbocycles. The fourth-order valence-corrected chi connectivity index (χ4v) is 3.03. The largest absolute Gasteiger partial charge is 0.493 e. The topological polar surface area (TPSA) is 99.6 Å². The highest BCUT2D eigenvalue weighted by molar-refractivity contribution is 7.00. The number of amides is 1. The van der Waals surface area contributed by atoms with Crippen molar-refractivity contribution in [3.63, 3.8) is 0 Å². The molecule has 0 aliphatic heterocycles. The molecule has 3 rings (SSSR count). The normalized spacial score (nSPS) is 10.8. The van der Waals surface area contributed by atoms with Crippen molar-refractivity contribution in [2.45, 2.75) is 13.8 Å². The summed E-state index contributed by atoms with van der Waals surface area (Å²) < 4.78 is 24.3. The molecule has 0 saturated carbocycles. The predicted molar refractivity (Wildman–Crippen MR) is 110 cm³/mol. The number of ether oxygens (including phenoxy) is 3. The number of fused-ring (bicyclic) bond motifs is 1. The Morgan fingerprint density at radius 1 is 1.14 bits per heavy atom. The summed E-state index contributed by atoms with van der Waals surface area (Å²) in [6.45, 7) is 4.17. The van der Waals surface area contributed by atoms with Gasteiger partial charge in [-0.05, 0) is 36.2 Å². The standard InChI is InChI=1S/C20H21N3O5S/c1-12(2)10-27-16-8-7-13(9-17(16)26-3)20(25)28-11-18(24)21-14-5-4-6-15-19(14)23-29-22-15/h4-9,12H,10-11H2,1-3H3,(H,21,24). The fraction of sp³-hybridized carbons (Fsp3) is 0.300. The van der Waals surface area contributed by atoms with Gasteiger partial charge in [0.1, 0.15) is 11.0 Å². The molecule has 3 aromatic rings. The molecule has 0 fully saturated rings. The number of benzene rings is 2. The Labute approximate surface area is 172 Å². The van der Waals surface area contributed by atoms with Crippen LogP contribution in [-0.2, 0) is 9.53 Å². The summed E-state index contributed by atoms with van der Waals surface area (Å²) in [5.41, 5.74) is 2.07. The lowest BCUT2D eigenvalue weighted by Gasteiger charge is -2.13. The van der Waals surface area contributed by atoms with E-state index in [1.165, 1.54) is 13.2 Å². The van der Waals surface area contributed by atoms with Gasteiger partial charge < -0.3 is 19.5 Å². The number of anilines is 1. The van der Waals surface area contributed by atoms with Gasteiger partial charge in [-0.1, -0.05) is 19.9 Å². The number of nitrogens with one attached hydrogen (secondary N) is 1. The highest BCUT2D eigenvalue weighted by atomic mass is 32.1. The Bertz CT molecular complexity index is 1020. The van der Waals surface area contributed by atoms with E-state index < -0.39 is 18.5 Å². The number of carbonyl (C=O) groups excluding carboxylic acids is 2. The quantitative estimate of drug-likeness (QED) is 0.562. The molecular weight excluding hydrogens is 394 g/mol. The smallest absolute Gasteiger partial charge is 0.338 e. The molecule has 0 unspecified atom stereocenters. The summed E-state index contributed by atoms with van der Waals surface area (Å²) in [6.07, 6.45) is 0. The fourth-order valence-electron chi connectivity index (χ4n) is 2.48. The first-order chi connectivity index (χ1) is 14.0. The van der Waals surface area contributed by atoms with Crippen LogP contribution in [0.1, 0.15) is 24.2 Å². The van der Waals surface area contributed by atoms with Crippen LogP contribution < -0.4 is 14.8 Å². The zero-order valence-corrected chi connectivity index (χ0v) is 17.1. The number of hydrogen-bond donors (Lipinski definition) is 1. The van der Waals surface area contributed by atoms with Crippen LogP contribution in [0.3, 0.4) is 0 Å². The van der Waals surface area contributed by atoms with Gasteiger partial charge in [0.05, 0.1) is 36.7 Å².